The first-order valence-electron chi connectivity index (χ1n) is 6.26. The third-order valence-corrected chi connectivity index (χ3v) is 4.04. The summed E-state index contributed by atoms with van der Waals surface area (Å²) in [6.45, 7) is 2.42. The number of thioether (sulfide) groups is 1. The highest BCUT2D eigenvalue weighted by Gasteiger charge is 2.14. The first kappa shape index (κ1) is 12.5. The average Bonchev–Trinajstić information content (AvgIpc) is 2.39. The van der Waals surface area contributed by atoms with Crippen LogP contribution in [0.3, 0.4) is 0 Å². The molecule has 0 saturated carbocycles. The summed E-state index contributed by atoms with van der Waals surface area (Å²) in [7, 11) is 2.10. The summed E-state index contributed by atoms with van der Waals surface area (Å²) in [5, 5.41) is 1.39. The normalized spacial score (nSPS) is 17.3. The highest BCUT2D eigenvalue weighted by Crippen LogP contribution is 2.23. The lowest BCUT2D eigenvalue weighted by molar-refractivity contribution is -0.673. The Labute approximate surface area is 108 Å². The minimum absolute atomic E-state index is 1.21. The van der Waals surface area contributed by atoms with Crippen LogP contribution in [0.1, 0.15) is 25.0 Å². The lowest BCUT2D eigenvalue weighted by Gasteiger charge is -2.29. The molecular formula is C14H21N2S+. The van der Waals surface area contributed by atoms with Crippen molar-refractivity contribution in [2.24, 2.45) is 7.05 Å². The Morgan fingerprint density at radius 3 is 2.71 bits per heavy atom. The largest absolute Gasteiger partial charge is 0.366 e. The molecule has 0 amide bonds. The summed E-state index contributed by atoms with van der Waals surface area (Å²) in [6.07, 6.45) is 10.6. The topological polar surface area (TPSA) is 7.12 Å². The van der Waals surface area contributed by atoms with Crippen LogP contribution >= 0.6 is 11.8 Å². The fraction of sp³-hybridized carbons (Fsp3) is 0.500. The van der Waals surface area contributed by atoms with Crippen molar-refractivity contribution in [3.05, 3.63) is 35.1 Å². The van der Waals surface area contributed by atoms with Gasteiger partial charge in [-0.25, -0.2) is 4.57 Å². The van der Waals surface area contributed by atoms with Crippen LogP contribution in [0, 0.1) is 0 Å². The molecule has 1 aliphatic heterocycles. The van der Waals surface area contributed by atoms with E-state index in [1.807, 2.05) is 11.8 Å². The number of hydrogen-bond acceptors (Lipinski definition) is 2. The predicted molar refractivity (Wildman–Crippen MR) is 74.5 cm³/mol. The van der Waals surface area contributed by atoms with Gasteiger partial charge in [0.05, 0.1) is 5.03 Å². The van der Waals surface area contributed by atoms with Crippen LogP contribution in [0.15, 0.2) is 29.4 Å². The molecule has 92 valence electrons. The summed E-state index contributed by atoms with van der Waals surface area (Å²) in [5.74, 6) is 0. The van der Waals surface area contributed by atoms with Crippen LogP contribution in [-0.4, -0.2) is 24.2 Å². The molecule has 1 saturated heterocycles. The monoisotopic (exact) mass is 249 g/mol. The zero-order valence-corrected chi connectivity index (χ0v) is 11.5. The van der Waals surface area contributed by atoms with Crippen LogP contribution in [-0.2, 0) is 7.05 Å². The second-order valence-electron chi connectivity index (χ2n) is 4.47. The van der Waals surface area contributed by atoms with Crippen LogP contribution < -0.4 is 4.57 Å². The number of rotatable bonds is 3. The average molecular weight is 249 g/mol. The fourth-order valence-electron chi connectivity index (χ4n) is 2.21. The smallest absolute Gasteiger partial charge is 0.207 e. The first-order chi connectivity index (χ1) is 8.31. The van der Waals surface area contributed by atoms with E-state index in [1.54, 1.807) is 0 Å². The van der Waals surface area contributed by atoms with Crippen molar-refractivity contribution >= 4 is 17.8 Å². The molecule has 2 nitrogen and oxygen atoms in total. The molecule has 17 heavy (non-hydrogen) atoms. The van der Waals surface area contributed by atoms with E-state index >= 15 is 0 Å². The summed E-state index contributed by atoms with van der Waals surface area (Å²) < 4.78 is 2.17. The van der Waals surface area contributed by atoms with Crippen molar-refractivity contribution in [3.8, 4) is 0 Å². The van der Waals surface area contributed by atoms with Gasteiger partial charge in [0.1, 0.15) is 7.05 Å². The Kier molecular flexibility index (Phi) is 4.49. The Balaban J connectivity index is 2.19. The molecule has 2 rings (SSSR count). The number of aryl methyl sites for hydroxylation is 1. The Bertz CT molecular complexity index is 395. The minimum atomic E-state index is 1.21. The van der Waals surface area contributed by atoms with Gasteiger partial charge in [0.25, 0.3) is 0 Å². The van der Waals surface area contributed by atoms with Gasteiger partial charge in [0, 0.05) is 31.3 Å². The Hall–Kier alpha value is -0.960. The van der Waals surface area contributed by atoms with Gasteiger partial charge in [-0.2, -0.15) is 0 Å². The zero-order valence-electron chi connectivity index (χ0n) is 10.7. The van der Waals surface area contributed by atoms with E-state index in [9.17, 15) is 0 Å². The predicted octanol–water partition coefficient (Wildman–Crippen LogP) is 2.66. The van der Waals surface area contributed by atoms with Gasteiger partial charge in [0.15, 0.2) is 6.20 Å². The molecule has 0 bridgehead atoms. The third-order valence-electron chi connectivity index (χ3n) is 3.24. The molecule has 0 N–H and O–H groups in total. The number of pyridine rings is 1. The standard InChI is InChI=1S/C14H21N2S/c1-15-9-7-4-8-13(15)12-14(17-2)16-10-5-3-6-11-16/h4,7-9,12H,3,5-6,10-11H2,1-2H3/q+1. The van der Waals surface area contributed by atoms with Crippen LogP contribution in [0.4, 0.5) is 0 Å². The fourth-order valence-corrected chi connectivity index (χ4v) is 2.89. The van der Waals surface area contributed by atoms with Gasteiger partial charge in [-0.15, -0.1) is 11.8 Å². The quantitative estimate of drug-likeness (QED) is 0.760. The number of likely N-dealkylation sites (tertiary alicyclic amines) is 1. The summed E-state index contributed by atoms with van der Waals surface area (Å²) >= 11 is 1.85. The molecule has 0 aliphatic carbocycles. The molecular weight excluding hydrogens is 228 g/mol. The molecule has 1 aliphatic rings. The summed E-state index contributed by atoms with van der Waals surface area (Å²) in [5.41, 5.74) is 1.27. The molecule has 0 atom stereocenters. The van der Waals surface area contributed by atoms with Crippen molar-refractivity contribution in [2.75, 3.05) is 19.3 Å². The van der Waals surface area contributed by atoms with Crippen molar-refractivity contribution in [3.63, 3.8) is 0 Å². The minimum Gasteiger partial charge on any atom is -0.366 e. The number of nitrogens with zero attached hydrogens (tertiary/aromatic N) is 2. The number of hydrogen-bond donors (Lipinski definition) is 0. The van der Waals surface area contributed by atoms with E-state index in [1.165, 1.54) is 43.1 Å². The van der Waals surface area contributed by atoms with Crippen molar-refractivity contribution in [1.29, 1.82) is 0 Å². The van der Waals surface area contributed by atoms with Gasteiger partial charge in [-0.05, 0) is 31.6 Å². The Morgan fingerprint density at radius 2 is 2.06 bits per heavy atom. The third kappa shape index (κ3) is 3.25. The molecule has 0 radical (unpaired) electrons. The molecule has 0 aromatic carbocycles. The van der Waals surface area contributed by atoms with Crippen molar-refractivity contribution < 1.29 is 4.57 Å². The van der Waals surface area contributed by atoms with E-state index in [0.29, 0.717) is 0 Å². The van der Waals surface area contributed by atoms with Gasteiger partial charge >= 0.3 is 0 Å². The zero-order chi connectivity index (χ0) is 12.1. The van der Waals surface area contributed by atoms with Gasteiger partial charge < -0.3 is 4.90 Å². The maximum atomic E-state index is 2.52. The van der Waals surface area contributed by atoms with Crippen LogP contribution in [0.5, 0.6) is 0 Å². The molecule has 1 fully saturated rings. The lowest BCUT2D eigenvalue weighted by atomic mass is 10.1. The van der Waals surface area contributed by atoms with E-state index in [2.05, 4.69) is 53.2 Å². The molecule has 1 aromatic heterocycles. The van der Waals surface area contributed by atoms with Gasteiger partial charge in [-0.1, -0.05) is 0 Å². The molecule has 1 aromatic rings. The van der Waals surface area contributed by atoms with E-state index in [0.717, 1.165) is 0 Å². The SMILES string of the molecule is CS/C(=C/c1cccc[n+]1C)N1CCCCC1. The second kappa shape index (κ2) is 6.10. The molecule has 2 heterocycles. The lowest BCUT2D eigenvalue weighted by Crippen LogP contribution is -2.32. The maximum absolute atomic E-state index is 2.52. The van der Waals surface area contributed by atoms with E-state index in [4.69, 9.17) is 0 Å². The maximum Gasteiger partial charge on any atom is 0.207 e. The number of piperidine rings is 1. The highest BCUT2D eigenvalue weighted by molar-refractivity contribution is 8.02. The van der Waals surface area contributed by atoms with Gasteiger partial charge in [0.2, 0.25) is 5.69 Å². The van der Waals surface area contributed by atoms with Crippen LogP contribution in [0.2, 0.25) is 0 Å². The summed E-state index contributed by atoms with van der Waals surface area (Å²) in [4.78, 5) is 2.52. The van der Waals surface area contributed by atoms with E-state index < -0.39 is 0 Å². The molecule has 0 unspecified atom stereocenters. The summed E-state index contributed by atoms with van der Waals surface area (Å²) in [6, 6.07) is 6.33. The van der Waals surface area contributed by atoms with Crippen molar-refractivity contribution in [1.82, 2.24) is 4.90 Å². The van der Waals surface area contributed by atoms with Crippen molar-refractivity contribution in [2.45, 2.75) is 19.3 Å². The first-order valence-corrected chi connectivity index (χ1v) is 7.49. The second-order valence-corrected chi connectivity index (χ2v) is 5.30. The van der Waals surface area contributed by atoms with E-state index in [-0.39, 0.29) is 0 Å². The number of aromatic nitrogens is 1. The van der Waals surface area contributed by atoms with Gasteiger partial charge in [-0.3, -0.25) is 0 Å². The highest BCUT2D eigenvalue weighted by atomic mass is 32.2. The molecule has 0 spiro atoms. The Morgan fingerprint density at radius 1 is 1.29 bits per heavy atom. The molecule has 3 heteroatoms. The van der Waals surface area contributed by atoms with Crippen LogP contribution in [0.25, 0.3) is 6.08 Å².